The third-order valence-electron chi connectivity index (χ3n) is 3.84. The highest BCUT2D eigenvalue weighted by molar-refractivity contribution is 6.35. The first-order chi connectivity index (χ1) is 12.6. The van der Waals surface area contributed by atoms with E-state index in [9.17, 15) is 0 Å². The highest BCUT2D eigenvalue weighted by Gasteiger charge is 2.18. The van der Waals surface area contributed by atoms with Crippen molar-refractivity contribution in [1.29, 1.82) is 0 Å². The third kappa shape index (κ3) is 3.31. The first-order valence-corrected chi connectivity index (χ1v) is 8.76. The molecule has 0 radical (unpaired) electrons. The van der Waals surface area contributed by atoms with Crippen LogP contribution in [0.1, 0.15) is 11.4 Å². The van der Waals surface area contributed by atoms with Crippen molar-refractivity contribution in [3.05, 3.63) is 75.1 Å². The predicted molar refractivity (Wildman–Crippen MR) is 101 cm³/mol. The average Bonchev–Trinajstić information content (AvgIpc) is 3.26. The van der Waals surface area contributed by atoms with E-state index in [1.54, 1.807) is 23.0 Å². The molecule has 4 aromatic rings. The maximum atomic E-state index is 6.39. The molecule has 1 N–H and O–H groups in total. The molecule has 0 spiro atoms. The van der Waals surface area contributed by atoms with Crippen LogP contribution in [0.5, 0.6) is 0 Å². The largest absolute Gasteiger partial charge is 0.231 e. The molecule has 2 aromatic carbocycles. The normalized spacial score (nSPS) is 11.0. The quantitative estimate of drug-likeness (QED) is 0.538. The number of aromatic amines is 1. The fraction of sp³-hybridized carbons (Fsp3) is 0.0588. The van der Waals surface area contributed by atoms with Crippen LogP contribution < -0.4 is 0 Å². The van der Waals surface area contributed by atoms with Gasteiger partial charge >= 0.3 is 0 Å². The van der Waals surface area contributed by atoms with Gasteiger partial charge in [0.05, 0.1) is 22.6 Å². The van der Waals surface area contributed by atoms with Gasteiger partial charge in [0, 0.05) is 27.6 Å². The van der Waals surface area contributed by atoms with Crippen molar-refractivity contribution in [2.24, 2.45) is 0 Å². The monoisotopic (exact) mass is 404 g/mol. The van der Waals surface area contributed by atoms with Crippen LogP contribution in [0.15, 0.2) is 48.7 Å². The fourth-order valence-electron chi connectivity index (χ4n) is 2.69. The maximum Gasteiger partial charge on any atom is 0.179 e. The molecule has 0 amide bonds. The van der Waals surface area contributed by atoms with Crippen LogP contribution in [0.4, 0.5) is 0 Å². The van der Waals surface area contributed by atoms with Crippen LogP contribution in [0.2, 0.25) is 15.1 Å². The molecule has 0 bridgehead atoms. The summed E-state index contributed by atoms with van der Waals surface area (Å²) in [5.74, 6) is 0.571. The number of rotatable bonds is 4. The van der Waals surface area contributed by atoms with Gasteiger partial charge in [-0.3, -0.25) is 0 Å². The Morgan fingerprint density at radius 2 is 1.73 bits per heavy atom. The second kappa shape index (κ2) is 7.07. The Morgan fingerprint density at radius 3 is 2.42 bits per heavy atom. The second-order valence-corrected chi connectivity index (χ2v) is 6.82. The lowest BCUT2D eigenvalue weighted by atomic mass is 10.1. The molecule has 0 aliphatic carbocycles. The van der Waals surface area contributed by atoms with E-state index in [1.165, 1.54) is 0 Å². The van der Waals surface area contributed by atoms with Gasteiger partial charge in [0.15, 0.2) is 5.82 Å². The van der Waals surface area contributed by atoms with Crippen molar-refractivity contribution in [3.8, 4) is 16.9 Å². The molecule has 0 aliphatic heterocycles. The summed E-state index contributed by atoms with van der Waals surface area (Å²) in [6.07, 6.45) is 2.24. The molecule has 26 heavy (non-hydrogen) atoms. The van der Waals surface area contributed by atoms with Gasteiger partial charge in [-0.1, -0.05) is 52.1 Å². The standard InChI is InChI=1S/C17H11Cl3N6/c18-12-3-1-10(2-4-12)17-11(7-16-22-24-25-23-16)9-21-26(17)15-6-5-13(19)8-14(15)20/h1-6,8-9H,7H2,(H,22,23,24,25). The summed E-state index contributed by atoms with van der Waals surface area (Å²) in [7, 11) is 0. The van der Waals surface area contributed by atoms with E-state index in [1.807, 2.05) is 30.3 Å². The molecule has 130 valence electrons. The zero-order valence-electron chi connectivity index (χ0n) is 13.2. The molecule has 0 atom stereocenters. The molecule has 6 nitrogen and oxygen atoms in total. The zero-order valence-corrected chi connectivity index (χ0v) is 15.5. The van der Waals surface area contributed by atoms with E-state index >= 15 is 0 Å². The molecule has 0 saturated heterocycles. The second-order valence-electron chi connectivity index (χ2n) is 5.54. The van der Waals surface area contributed by atoms with Crippen LogP contribution >= 0.6 is 34.8 Å². The Labute approximate surface area is 163 Å². The summed E-state index contributed by atoms with van der Waals surface area (Å²) in [5.41, 5.74) is 3.47. The van der Waals surface area contributed by atoms with Crippen molar-refractivity contribution in [2.75, 3.05) is 0 Å². The highest BCUT2D eigenvalue weighted by Crippen LogP contribution is 2.32. The summed E-state index contributed by atoms with van der Waals surface area (Å²) >= 11 is 18.5. The number of nitrogens with one attached hydrogen (secondary N) is 1. The number of benzene rings is 2. The van der Waals surface area contributed by atoms with Gasteiger partial charge < -0.3 is 0 Å². The number of hydrogen-bond acceptors (Lipinski definition) is 4. The van der Waals surface area contributed by atoms with Crippen molar-refractivity contribution < 1.29 is 0 Å². The van der Waals surface area contributed by atoms with Crippen LogP contribution in [-0.2, 0) is 6.42 Å². The third-order valence-corrected chi connectivity index (χ3v) is 4.63. The summed E-state index contributed by atoms with van der Waals surface area (Å²) in [6.45, 7) is 0. The fourth-order valence-corrected chi connectivity index (χ4v) is 3.31. The summed E-state index contributed by atoms with van der Waals surface area (Å²) in [5, 5.41) is 20.4. The van der Waals surface area contributed by atoms with Crippen molar-refractivity contribution in [3.63, 3.8) is 0 Å². The lowest BCUT2D eigenvalue weighted by molar-refractivity contribution is 0.881. The number of tetrazole rings is 1. The molecule has 0 fully saturated rings. The molecule has 0 aliphatic rings. The van der Waals surface area contributed by atoms with Crippen LogP contribution in [0.25, 0.3) is 16.9 Å². The zero-order chi connectivity index (χ0) is 18.1. The van der Waals surface area contributed by atoms with Gasteiger partial charge in [-0.25, -0.2) is 4.68 Å². The number of aromatic nitrogens is 6. The predicted octanol–water partition coefficient (Wildman–Crippen LogP) is 4.60. The van der Waals surface area contributed by atoms with Gasteiger partial charge in [-0.2, -0.15) is 10.3 Å². The van der Waals surface area contributed by atoms with Gasteiger partial charge in [0.25, 0.3) is 0 Å². The van der Waals surface area contributed by atoms with Crippen LogP contribution in [-0.4, -0.2) is 30.4 Å². The number of nitrogens with zero attached hydrogens (tertiary/aromatic N) is 5. The molecular formula is C17H11Cl3N6. The van der Waals surface area contributed by atoms with E-state index in [-0.39, 0.29) is 0 Å². The SMILES string of the molecule is Clc1ccc(-c2c(Cc3nn[nH]n3)cnn2-c2ccc(Cl)cc2Cl)cc1. The first-order valence-electron chi connectivity index (χ1n) is 7.62. The first kappa shape index (κ1) is 17.0. The Morgan fingerprint density at radius 1 is 0.962 bits per heavy atom. The molecular weight excluding hydrogens is 395 g/mol. The van der Waals surface area contributed by atoms with Gasteiger partial charge in [0.1, 0.15) is 0 Å². The molecule has 9 heteroatoms. The minimum atomic E-state index is 0.472. The molecule has 0 saturated carbocycles. The molecule has 4 rings (SSSR count). The number of H-pyrrole nitrogens is 1. The molecule has 0 unspecified atom stereocenters. The van der Waals surface area contributed by atoms with Crippen molar-refractivity contribution >= 4 is 34.8 Å². The van der Waals surface area contributed by atoms with Crippen molar-refractivity contribution in [2.45, 2.75) is 6.42 Å². The van der Waals surface area contributed by atoms with Gasteiger partial charge in [0.2, 0.25) is 0 Å². The van der Waals surface area contributed by atoms with Gasteiger partial charge in [-0.05, 0) is 30.3 Å². The molecule has 2 heterocycles. The lowest BCUT2D eigenvalue weighted by Crippen LogP contribution is -2.02. The Hall–Kier alpha value is -2.41. The average molecular weight is 406 g/mol. The van der Waals surface area contributed by atoms with Crippen LogP contribution in [0, 0.1) is 0 Å². The number of halogens is 3. The Bertz CT molecular complexity index is 1040. The van der Waals surface area contributed by atoms with E-state index in [4.69, 9.17) is 34.8 Å². The number of hydrogen-bond donors (Lipinski definition) is 1. The lowest BCUT2D eigenvalue weighted by Gasteiger charge is -2.11. The minimum Gasteiger partial charge on any atom is -0.231 e. The van der Waals surface area contributed by atoms with E-state index < -0.39 is 0 Å². The summed E-state index contributed by atoms with van der Waals surface area (Å²) < 4.78 is 1.78. The van der Waals surface area contributed by atoms with E-state index in [0.29, 0.717) is 27.3 Å². The summed E-state index contributed by atoms with van der Waals surface area (Å²) in [6, 6.07) is 12.8. The van der Waals surface area contributed by atoms with E-state index in [2.05, 4.69) is 25.7 Å². The van der Waals surface area contributed by atoms with Crippen molar-refractivity contribution in [1.82, 2.24) is 30.4 Å². The topological polar surface area (TPSA) is 72.3 Å². The van der Waals surface area contributed by atoms with Gasteiger partial charge in [-0.15, -0.1) is 10.2 Å². The molecule has 2 aromatic heterocycles. The minimum absolute atomic E-state index is 0.472. The maximum absolute atomic E-state index is 6.39. The summed E-state index contributed by atoms with van der Waals surface area (Å²) in [4.78, 5) is 0. The smallest absolute Gasteiger partial charge is 0.179 e. The van der Waals surface area contributed by atoms with Crippen LogP contribution in [0.3, 0.4) is 0 Å². The highest BCUT2D eigenvalue weighted by atomic mass is 35.5. The van der Waals surface area contributed by atoms with E-state index in [0.717, 1.165) is 22.5 Å². The Balaban J connectivity index is 1.88. The Kier molecular flexibility index (Phi) is 4.63.